The number of methoxy groups -OCH3 is 3. The summed E-state index contributed by atoms with van der Waals surface area (Å²) in [6.07, 6.45) is 1.34. The molecule has 0 atom stereocenters. The van der Waals surface area contributed by atoms with Crippen LogP contribution in [-0.4, -0.2) is 61.5 Å². The van der Waals surface area contributed by atoms with E-state index >= 15 is 0 Å². The second-order valence-electron chi connectivity index (χ2n) is 10.6. The second kappa shape index (κ2) is 33.2. The molecule has 0 amide bonds. The zero-order valence-corrected chi connectivity index (χ0v) is 32.8. The number of aliphatic hydroxyl groups is 2. The summed E-state index contributed by atoms with van der Waals surface area (Å²) in [5.41, 5.74) is 5.35. The average molecular weight is 669 g/mol. The molecule has 0 spiro atoms. The number of ether oxygens (including phenoxy) is 3. The Bertz CT molecular complexity index is 1110. The van der Waals surface area contributed by atoms with Gasteiger partial charge in [0.1, 0.15) is 35.6 Å². The molecule has 0 unspecified atom stereocenters. The molecule has 272 valence electrons. The van der Waals surface area contributed by atoms with E-state index in [0.29, 0.717) is 34.9 Å². The Morgan fingerprint density at radius 2 is 0.638 bits per heavy atom. The van der Waals surface area contributed by atoms with Gasteiger partial charge in [-0.2, -0.15) is 0 Å². The molecular formula is C37H64O10. The fraction of sp³-hybridized carbons (Fsp3) is 0.541. The minimum Gasteiger partial charge on any atom is -0.509 e. The van der Waals surface area contributed by atoms with Crippen LogP contribution in [0.15, 0.2) is 67.8 Å². The van der Waals surface area contributed by atoms with Gasteiger partial charge in [0.05, 0.1) is 27.1 Å². The van der Waals surface area contributed by atoms with Crippen LogP contribution < -0.4 is 0 Å². The number of Topliss-reactive ketones (excluding diaryl/α,β-unsaturated/α-hetero) is 3. The summed E-state index contributed by atoms with van der Waals surface area (Å²) in [5, 5.41) is 16.5. The molecule has 10 heteroatoms. The Kier molecular flexibility index (Phi) is 39.0. The van der Waals surface area contributed by atoms with Gasteiger partial charge >= 0.3 is 0 Å². The summed E-state index contributed by atoms with van der Waals surface area (Å²) in [7, 11) is 4.93. The molecule has 10 nitrogen and oxygen atoms in total. The summed E-state index contributed by atoms with van der Waals surface area (Å²) in [5.74, 6) is 2.73. The number of rotatable bonds is 8. The molecule has 0 aliphatic heterocycles. The van der Waals surface area contributed by atoms with E-state index in [0.717, 1.165) is 28.4 Å². The zero-order chi connectivity index (χ0) is 39.2. The maximum atomic E-state index is 10.7. The van der Waals surface area contributed by atoms with Crippen LogP contribution >= 0.6 is 0 Å². The van der Waals surface area contributed by atoms with Crippen molar-refractivity contribution in [3.63, 3.8) is 0 Å². The van der Waals surface area contributed by atoms with E-state index in [-0.39, 0.29) is 28.9 Å². The first-order valence-electron chi connectivity index (χ1n) is 14.7. The van der Waals surface area contributed by atoms with E-state index in [4.69, 9.17) is 24.4 Å². The van der Waals surface area contributed by atoms with Crippen LogP contribution in [0.3, 0.4) is 0 Å². The van der Waals surface area contributed by atoms with Crippen molar-refractivity contribution in [2.24, 2.45) is 0 Å². The van der Waals surface area contributed by atoms with Gasteiger partial charge in [0.15, 0.2) is 17.3 Å². The first-order chi connectivity index (χ1) is 21.3. The predicted octanol–water partition coefficient (Wildman–Crippen LogP) is 8.98. The van der Waals surface area contributed by atoms with Crippen molar-refractivity contribution in [1.29, 1.82) is 0 Å². The van der Waals surface area contributed by atoms with E-state index in [2.05, 4.69) is 0 Å². The normalized spacial score (nSPS) is 11.2. The number of carbonyl (C=O) groups excluding carboxylic acids is 5. The molecule has 0 saturated heterocycles. The van der Waals surface area contributed by atoms with Gasteiger partial charge in [-0.15, -0.1) is 0 Å². The first-order valence-corrected chi connectivity index (χ1v) is 14.7. The number of hydrogen-bond acceptors (Lipinski definition) is 10. The lowest BCUT2D eigenvalue weighted by molar-refractivity contribution is -0.116. The van der Waals surface area contributed by atoms with Crippen LogP contribution in [0.4, 0.5) is 0 Å². The van der Waals surface area contributed by atoms with Gasteiger partial charge in [0, 0.05) is 0 Å². The van der Waals surface area contributed by atoms with Crippen LogP contribution in [0, 0.1) is 0 Å². The summed E-state index contributed by atoms with van der Waals surface area (Å²) in [6.45, 7) is 29.4. The maximum absolute atomic E-state index is 10.7. The average Bonchev–Trinajstić information content (AvgIpc) is 3.02. The minimum absolute atomic E-state index is 0.0185. The van der Waals surface area contributed by atoms with Crippen molar-refractivity contribution in [2.75, 3.05) is 21.3 Å². The molecule has 47 heavy (non-hydrogen) atoms. The molecule has 2 N–H and O–H groups in total. The maximum Gasteiger partial charge on any atom is 0.155 e. The summed E-state index contributed by atoms with van der Waals surface area (Å²) < 4.78 is 14.6. The van der Waals surface area contributed by atoms with Crippen molar-refractivity contribution in [3.8, 4) is 0 Å². The molecular weight excluding hydrogens is 604 g/mol. The monoisotopic (exact) mass is 668 g/mol. The van der Waals surface area contributed by atoms with Crippen LogP contribution in [0.1, 0.15) is 118 Å². The molecule has 0 aromatic heterocycles. The topological polar surface area (TPSA) is 153 Å². The molecule has 0 aliphatic carbocycles. The highest BCUT2D eigenvalue weighted by atomic mass is 16.5. The van der Waals surface area contributed by atoms with Crippen molar-refractivity contribution in [3.05, 3.63) is 67.8 Å². The summed E-state index contributed by atoms with van der Waals surface area (Å²) >= 11 is 0. The molecule has 0 rings (SSSR count). The summed E-state index contributed by atoms with van der Waals surface area (Å²) in [4.78, 5) is 51.7. The van der Waals surface area contributed by atoms with E-state index in [9.17, 15) is 24.0 Å². The van der Waals surface area contributed by atoms with Crippen LogP contribution in [0.5, 0.6) is 0 Å². The van der Waals surface area contributed by atoms with Gasteiger partial charge in [0.25, 0.3) is 0 Å². The van der Waals surface area contributed by atoms with Gasteiger partial charge in [-0.3, -0.25) is 24.0 Å². The fourth-order valence-electron chi connectivity index (χ4n) is 1.56. The highest BCUT2D eigenvalue weighted by Gasteiger charge is 2.04. The molecule has 0 aliphatic rings. The van der Waals surface area contributed by atoms with E-state index in [1.807, 2.05) is 55.4 Å². The molecule has 0 aromatic carbocycles. The van der Waals surface area contributed by atoms with Gasteiger partial charge in [-0.25, -0.2) is 0 Å². The summed E-state index contributed by atoms with van der Waals surface area (Å²) in [6, 6.07) is 0. The van der Waals surface area contributed by atoms with Crippen molar-refractivity contribution in [1.82, 2.24) is 0 Å². The molecule has 0 radical (unpaired) electrons. The third kappa shape index (κ3) is 37.9. The van der Waals surface area contributed by atoms with Gasteiger partial charge < -0.3 is 24.4 Å². The van der Waals surface area contributed by atoms with Crippen LogP contribution in [-0.2, 0) is 38.2 Å². The van der Waals surface area contributed by atoms with Gasteiger partial charge in [0.2, 0.25) is 0 Å². The molecule has 0 aromatic rings. The number of carbonyl (C=O) groups is 5. The van der Waals surface area contributed by atoms with E-state index in [1.165, 1.54) is 33.3 Å². The third-order valence-electron chi connectivity index (χ3n) is 6.51. The molecule has 0 fully saturated rings. The first kappa shape index (κ1) is 55.2. The number of hydrogen-bond donors (Lipinski definition) is 2. The SMILES string of the molecule is C/C(C=O)=C(\C)C=O.C/C(O)=C(\C)O.CC(=O)/C(C)=C(/C)C(C)=O.CC(=O)C(C)=C(C)C.CO/C(C)=C(/C)OC.COC(C)=C(C)C. The van der Waals surface area contributed by atoms with E-state index in [1.54, 1.807) is 55.9 Å². The molecule has 0 bridgehead atoms. The Hall–Kier alpha value is -4.21. The Balaban J connectivity index is -0.000000108. The van der Waals surface area contributed by atoms with Crippen LogP contribution in [0.25, 0.3) is 0 Å². The zero-order valence-electron chi connectivity index (χ0n) is 32.8. The molecule has 0 heterocycles. The Morgan fingerprint density at radius 3 is 0.702 bits per heavy atom. The lowest BCUT2D eigenvalue weighted by Crippen LogP contribution is -2.01. The lowest BCUT2D eigenvalue weighted by Gasteiger charge is -2.02. The Labute approximate surface area is 285 Å². The molecule has 0 saturated carbocycles. The second-order valence-corrected chi connectivity index (χ2v) is 10.6. The lowest BCUT2D eigenvalue weighted by atomic mass is 10.1. The number of aliphatic hydroxyl groups excluding tert-OH is 2. The standard InChI is InChI=1S/C8H12O2.C7H12O.C6H12O2.C6H8O2.C6H12O.C4H8O2/c1-5(7(3)9)6(2)8(4)10;1-5(2)6(3)7(4)8;1-5(7-3)6(2)8-4;1-5(3-7)6(2)4-8;1-5(2)6(3)7-4;1-3(5)4(2)6/h1-4H3;2*1-4H3;3-4H,1-2H3;1-4H3;5-6H,1-2H3/b6-5-;;2*6-5-;;4-3-. The number of ketones is 3. The minimum atomic E-state index is -0.0345. The fourth-order valence-corrected chi connectivity index (χ4v) is 1.56. The third-order valence-corrected chi connectivity index (χ3v) is 6.51. The number of allylic oxidation sites excluding steroid dienone is 12. The van der Waals surface area contributed by atoms with Crippen molar-refractivity contribution < 1.29 is 48.4 Å². The van der Waals surface area contributed by atoms with Gasteiger partial charge in [-0.1, -0.05) is 5.57 Å². The van der Waals surface area contributed by atoms with Crippen molar-refractivity contribution in [2.45, 2.75) is 118 Å². The number of aldehydes is 2. The van der Waals surface area contributed by atoms with Crippen molar-refractivity contribution >= 4 is 29.9 Å². The van der Waals surface area contributed by atoms with Gasteiger partial charge in [-0.05, 0) is 151 Å². The highest BCUT2D eigenvalue weighted by Crippen LogP contribution is 2.05. The largest absolute Gasteiger partial charge is 0.509 e. The smallest absolute Gasteiger partial charge is 0.155 e. The predicted molar refractivity (Wildman–Crippen MR) is 192 cm³/mol. The quantitative estimate of drug-likeness (QED) is 0.145. The van der Waals surface area contributed by atoms with E-state index < -0.39 is 0 Å². The van der Waals surface area contributed by atoms with Crippen LogP contribution in [0.2, 0.25) is 0 Å². The highest BCUT2D eigenvalue weighted by molar-refractivity contribution is 6.03. The Morgan fingerprint density at radius 1 is 0.404 bits per heavy atom.